The van der Waals surface area contributed by atoms with E-state index in [1.807, 2.05) is 6.08 Å². The van der Waals surface area contributed by atoms with E-state index in [1.165, 1.54) is 24.8 Å². The lowest BCUT2D eigenvalue weighted by Crippen LogP contribution is -2.45. The first-order valence-electron chi connectivity index (χ1n) is 6.72. The third-order valence-electron chi connectivity index (χ3n) is 6.09. The van der Waals surface area contributed by atoms with Crippen LogP contribution in [0.4, 0.5) is 0 Å². The molecule has 0 heterocycles. The summed E-state index contributed by atoms with van der Waals surface area (Å²) < 4.78 is 0. The Bertz CT molecular complexity index is 421. The first kappa shape index (κ1) is 11.5. The van der Waals surface area contributed by atoms with Crippen LogP contribution in [0.5, 0.6) is 0 Å². The standard InChI is InChI=1S/C15H22O2/c1-13(2)8-11(17)6-12-14(3,9-16)10-4-5-15(12,13)7-10/h6,10,16H,4-5,7-9H2,1-3H3/t10-,14+,15-/m0/s1. The van der Waals surface area contributed by atoms with Gasteiger partial charge in [-0.15, -0.1) is 0 Å². The zero-order valence-electron chi connectivity index (χ0n) is 11.0. The van der Waals surface area contributed by atoms with Crippen LogP contribution in [0.3, 0.4) is 0 Å². The van der Waals surface area contributed by atoms with Gasteiger partial charge in [-0.3, -0.25) is 4.79 Å². The number of hydrogen-bond acceptors (Lipinski definition) is 2. The highest BCUT2D eigenvalue weighted by atomic mass is 16.3. The molecule has 3 rings (SSSR count). The second kappa shape index (κ2) is 3.03. The van der Waals surface area contributed by atoms with Crippen LogP contribution in [0.15, 0.2) is 11.6 Å². The van der Waals surface area contributed by atoms with Crippen LogP contribution in [0, 0.1) is 22.2 Å². The van der Waals surface area contributed by atoms with Crippen molar-refractivity contribution in [2.75, 3.05) is 6.61 Å². The van der Waals surface area contributed by atoms with E-state index in [0.29, 0.717) is 12.3 Å². The highest BCUT2D eigenvalue weighted by Crippen LogP contribution is 2.73. The van der Waals surface area contributed by atoms with E-state index in [-0.39, 0.29) is 28.6 Å². The van der Waals surface area contributed by atoms with E-state index in [1.54, 1.807) is 0 Å². The Labute approximate surface area is 103 Å². The van der Waals surface area contributed by atoms with Gasteiger partial charge in [0.1, 0.15) is 0 Å². The second-order valence-corrected chi connectivity index (χ2v) is 7.18. The van der Waals surface area contributed by atoms with Gasteiger partial charge in [-0.2, -0.15) is 0 Å². The van der Waals surface area contributed by atoms with Crippen LogP contribution in [-0.4, -0.2) is 17.5 Å². The minimum atomic E-state index is -0.133. The lowest BCUT2D eigenvalue weighted by Gasteiger charge is -2.50. The van der Waals surface area contributed by atoms with E-state index in [4.69, 9.17) is 0 Å². The van der Waals surface area contributed by atoms with Crippen LogP contribution in [0.2, 0.25) is 0 Å². The van der Waals surface area contributed by atoms with Gasteiger partial charge in [-0.05, 0) is 42.1 Å². The third kappa shape index (κ3) is 1.13. The van der Waals surface area contributed by atoms with Crippen LogP contribution in [-0.2, 0) is 4.79 Å². The summed E-state index contributed by atoms with van der Waals surface area (Å²) in [4.78, 5) is 11.9. The summed E-state index contributed by atoms with van der Waals surface area (Å²) in [5.41, 5.74) is 1.40. The monoisotopic (exact) mass is 234 g/mol. The summed E-state index contributed by atoms with van der Waals surface area (Å²) in [6, 6.07) is 0. The molecule has 2 saturated carbocycles. The lowest BCUT2D eigenvalue weighted by molar-refractivity contribution is -0.119. The maximum atomic E-state index is 11.9. The van der Waals surface area contributed by atoms with Gasteiger partial charge >= 0.3 is 0 Å². The van der Waals surface area contributed by atoms with Crippen molar-refractivity contribution in [2.24, 2.45) is 22.2 Å². The molecule has 94 valence electrons. The SMILES string of the molecule is CC1(C)CC(=O)C=C2[C@@]13CC[C@@H](C3)[C@@]2(C)CO. The van der Waals surface area contributed by atoms with Gasteiger partial charge in [0.15, 0.2) is 5.78 Å². The molecule has 1 spiro atoms. The van der Waals surface area contributed by atoms with Crippen molar-refractivity contribution >= 4 is 5.78 Å². The van der Waals surface area contributed by atoms with E-state index in [2.05, 4.69) is 20.8 Å². The first-order valence-corrected chi connectivity index (χ1v) is 6.72. The van der Waals surface area contributed by atoms with Crippen molar-refractivity contribution in [3.05, 3.63) is 11.6 Å². The minimum absolute atomic E-state index is 0.0653. The fourth-order valence-corrected chi connectivity index (χ4v) is 4.91. The van der Waals surface area contributed by atoms with Crippen molar-refractivity contribution in [3.8, 4) is 0 Å². The molecule has 0 amide bonds. The van der Waals surface area contributed by atoms with Crippen molar-refractivity contribution in [2.45, 2.75) is 46.5 Å². The molecule has 0 aromatic heterocycles. The molecular weight excluding hydrogens is 212 g/mol. The minimum Gasteiger partial charge on any atom is -0.395 e. The molecule has 0 aromatic rings. The van der Waals surface area contributed by atoms with Crippen molar-refractivity contribution < 1.29 is 9.90 Å². The van der Waals surface area contributed by atoms with Gasteiger partial charge < -0.3 is 5.11 Å². The molecule has 0 radical (unpaired) electrons. The molecule has 2 fully saturated rings. The Morgan fingerprint density at radius 1 is 1.41 bits per heavy atom. The largest absolute Gasteiger partial charge is 0.395 e. The molecule has 2 heteroatoms. The molecule has 0 aromatic carbocycles. The van der Waals surface area contributed by atoms with Crippen molar-refractivity contribution in [3.63, 3.8) is 0 Å². The fourth-order valence-electron chi connectivity index (χ4n) is 4.91. The molecule has 3 atom stereocenters. The smallest absolute Gasteiger partial charge is 0.156 e. The predicted molar refractivity (Wildman–Crippen MR) is 66.5 cm³/mol. The van der Waals surface area contributed by atoms with Gasteiger partial charge in [0.2, 0.25) is 0 Å². The Balaban J connectivity index is 2.20. The van der Waals surface area contributed by atoms with Crippen LogP contribution >= 0.6 is 0 Å². The average molecular weight is 234 g/mol. The molecule has 3 aliphatic rings. The number of ketones is 1. The second-order valence-electron chi connectivity index (χ2n) is 7.18. The molecule has 0 saturated heterocycles. The topological polar surface area (TPSA) is 37.3 Å². The number of carbonyl (C=O) groups is 1. The van der Waals surface area contributed by atoms with Crippen molar-refractivity contribution in [1.29, 1.82) is 0 Å². The Kier molecular flexibility index (Phi) is 2.04. The fraction of sp³-hybridized carbons (Fsp3) is 0.800. The van der Waals surface area contributed by atoms with Gasteiger partial charge in [0.05, 0.1) is 6.61 Å². The summed E-state index contributed by atoms with van der Waals surface area (Å²) in [5, 5.41) is 9.79. The number of aliphatic hydroxyl groups is 1. The Hall–Kier alpha value is -0.630. The zero-order chi connectivity index (χ0) is 12.5. The molecule has 3 aliphatic carbocycles. The van der Waals surface area contributed by atoms with Gasteiger partial charge in [-0.1, -0.05) is 26.3 Å². The van der Waals surface area contributed by atoms with E-state index < -0.39 is 0 Å². The quantitative estimate of drug-likeness (QED) is 0.757. The van der Waals surface area contributed by atoms with E-state index >= 15 is 0 Å². The van der Waals surface area contributed by atoms with Gasteiger partial charge in [0, 0.05) is 11.8 Å². The summed E-state index contributed by atoms with van der Waals surface area (Å²) >= 11 is 0. The van der Waals surface area contributed by atoms with Crippen LogP contribution in [0.1, 0.15) is 46.5 Å². The molecule has 1 N–H and O–H groups in total. The number of fused-ring (bicyclic) bond motifs is 1. The lowest BCUT2D eigenvalue weighted by atomic mass is 9.53. The number of rotatable bonds is 1. The molecule has 2 nitrogen and oxygen atoms in total. The van der Waals surface area contributed by atoms with Crippen LogP contribution < -0.4 is 0 Å². The number of allylic oxidation sites excluding steroid dienone is 1. The molecular formula is C15H22O2. The van der Waals surface area contributed by atoms with E-state index in [9.17, 15) is 9.90 Å². The summed E-state index contributed by atoms with van der Waals surface area (Å²) in [6.07, 6.45) is 6.15. The molecule has 0 unspecified atom stereocenters. The Morgan fingerprint density at radius 3 is 2.76 bits per heavy atom. The van der Waals surface area contributed by atoms with Gasteiger partial charge in [0.25, 0.3) is 0 Å². The third-order valence-corrected chi connectivity index (χ3v) is 6.09. The summed E-state index contributed by atoms with van der Waals surface area (Å²) in [5.74, 6) is 0.826. The molecule has 17 heavy (non-hydrogen) atoms. The highest BCUT2D eigenvalue weighted by molar-refractivity contribution is 5.93. The Morgan fingerprint density at radius 2 is 2.12 bits per heavy atom. The zero-order valence-corrected chi connectivity index (χ0v) is 11.0. The van der Waals surface area contributed by atoms with Crippen molar-refractivity contribution in [1.82, 2.24) is 0 Å². The molecule has 0 aliphatic heterocycles. The maximum Gasteiger partial charge on any atom is 0.156 e. The van der Waals surface area contributed by atoms with Gasteiger partial charge in [-0.25, -0.2) is 0 Å². The average Bonchev–Trinajstić information content (AvgIpc) is 2.77. The normalized spacial score (nSPS) is 46.9. The van der Waals surface area contributed by atoms with Crippen LogP contribution in [0.25, 0.3) is 0 Å². The number of aliphatic hydroxyl groups excluding tert-OH is 1. The van der Waals surface area contributed by atoms with E-state index in [0.717, 1.165) is 0 Å². The number of hydrogen-bond donors (Lipinski definition) is 1. The summed E-state index contributed by atoms with van der Waals surface area (Å²) in [7, 11) is 0. The molecule has 2 bridgehead atoms. The predicted octanol–water partition coefficient (Wildman–Crippen LogP) is 2.71. The number of carbonyl (C=O) groups excluding carboxylic acids is 1. The highest BCUT2D eigenvalue weighted by Gasteiger charge is 2.66. The first-order chi connectivity index (χ1) is 7.86. The summed E-state index contributed by atoms with van der Waals surface area (Å²) in [6.45, 7) is 6.82. The maximum absolute atomic E-state index is 11.9.